The van der Waals surface area contributed by atoms with E-state index in [2.05, 4.69) is 19.2 Å². The Bertz CT molecular complexity index is 413. The van der Waals surface area contributed by atoms with E-state index < -0.39 is 11.9 Å². The molecule has 0 fully saturated rings. The van der Waals surface area contributed by atoms with Gasteiger partial charge < -0.3 is 19.9 Å². The lowest BCUT2D eigenvalue weighted by Gasteiger charge is -2.14. The van der Waals surface area contributed by atoms with E-state index in [9.17, 15) is 9.50 Å². The maximum Gasteiger partial charge on any atom is 0.165 e. The highest BCUT2D eigenvalue weighted by Crippen LogP contribution is 2.21. The topological polar surface area (TPSA) is 50.7 Å². The lowest BCUT2D eigenvalue weighted by molar-refractivity contribution is 0.0409. The van der Waals surface area contributed by atoms with E-state index in [4.69, 9.17) is 9.47 Å². The maximum atomic E-state index is 13.2. The van der Waals surface area contributed by atoms with E-state index in [0.717, 1.165) is 12.8 Å². The van der Waals surface area contributed by atoms with Crippen LogP contribution in [0, 0.1) is 11.7 Å². The summed E-state index contributed by atoms with van der Waals surface area (Å²) in [5, 5.41) is 12.8. The minimum absolute atomic E-state index is 0.180. The first-order valence-corrected chi connectivity index (χ1v) is 7.36. The summed E-state index contributed by atoms with van der Waals surface area (Å²) < 4.78 is 23.6. The molecule has 0 saturated carbocycles. The zero-order valence-electron chi connectivity index (χ0n) is 13.1. The molecule has 1 rings (SSSR count). The second kappa shape index (κ2) is 9.58. The fraction of sp³-hybridized carbons (Fsp3) is 0.625. The standard InChI is InChI=1S/C16H26FNO3/c1-12(2)5-4-8-21-11-14(19)10-18-13-6-7-15(17)16(9-13)20-3/h6-7,9,12,14,18-19H,4-5,8,10-11H2,1-3H3. The minimum atomic E-state index is -0.597. The SMILES string of the molecule is COc1cc(NCC(O)COCCCC(C)C)ccc1F. The number of methoxy groups -OCH3 is 1. The van der Waals surface area contributed by atoms with Crippen LogP contribution in [0.15, 0.2) is 18.2 Å². The molecule has 0 aliphatic carbocycles. The number of aliphatic hydroxyl groups is 1. The third-order valence-electron chi connectivity index (χ3n) is 3.07. The third-order valence-corrected chi connectivity index (χ3v) is 3.07. The van der Waals surface area contributed by atoms with Crippen molar-refractivity contribution in [1.29, 1.82) is 0 Å². The molecule has 1 atom stereocenters. The quantitative estimate of drug-likeness (QED) is 0.652. The fourth-order valence-corrected chi connectivity index (χ4v) is 1.88. The van der Waals surface area contributed by atoms with Crippen LogP contribution in [-0.4, -0.2) is 38.1 Å². The van der Waals surface area contributed by atoms with Crippen LogP contribution in [0.5, 0.6) is 5.75 Å². The Morgan fingerprint density at radius 1 is 1.33 bits per heavy atom. The van der Waals surface area contributed by atoms with Gasteiger partial charge in [0.25, 0.3) is 0 Å². The molecular weight excluding hydrogens is 273 g/mol. The number of nitrogens with one attached hydrogen (secondary N) is 1. The molecular formula is C16H26FNO3. The normalized spacial score (nSPS) is 12.5. The first kappa shape index (κ1) is 17.7. The van der Waals surface area contributed by atoms with Crippen LogP contribution >= 0.6 is 0 Å². The minimum Gasteiger partial charge on any atom is -0.494 e. The molecule has 1 unspecified atom stereocenters. The zero-order valence-corrected chi connectivity index (χ0v) is 13.1. The summed E-state index contributed by atoms with van der Waals surface area (Å²) in [6, 6.07) is 4.50. The number of aliphatic hydroxyl groups excluding tert-OH is 1. The Balaban J connectivity index is 2.22. The van der Waals surface area contributed by atoms with Gasteiger partial charge in [-0.1, -0.05) is 13.8 Å². The van der Waals surface area contributed by atoms with Crippen LogP contribution in [-0.2, 0) is 4.74 Å². The van der Waals surface area contributed by atoms with Gasteiger partial charge in [-0.2, -0.15) is 0 Å². The van der Waals surface area contributed by atoms with Crippen LogP contribution in [0.3, 0.4) is 0 Å². The second-order valence-corrected chi connectivity index (χ2v) is 5.50. The first-order chi connectivity index (χ1) is 10.0. The summed E-state index contributed by atoms with van der Waals surface area (Å²) in [5.74, 6) is 0.449. The molecule has 0 amide bonds. The van der Waals surface area contributed by atoms with Crippen molar-refractivity contribution in [3.8, 4) is 5.75 Å². The molecule has 0 aliphatic rings. The van der Waals surface area contributed by atoms with Gasteiger partial charge in [0.15, 0.2) is 11.6 Å². The highest BCUT2D eigenvalue weighted by molar-refractivity contribution is 5.48. The van der Waals surface area contributed by atoms with Gasteiger partial charge in [0, 0.05) is 24.9 Å². The lowest BCUT2D eigenvalue weighted by Crippen LogP contribution is -2.25. The molecule has 0 saturated heterocycles. The summed E-state index contributed by atoms with van der Waals surface area (Å²) in [5.41, 5.74) is 0.701. The molecule has 0 heterocycles. The molecule has 5 heteroatoms. The number of hydrogen-bond donors (Lipinski definition) is 2. The van der Waals surface area contributed by atoms with Crippen LogP contribution in [0.2, 0.25) is 0 Å². The molecule has 120 valence electrons. The summed E-state index contributed by atoms with van der Waals surface area (Å²) in [6.45, 7) is 5.66. The first-order valence-electron chi connectivity index (χ1n) is 7.36. The van der Waals surface area contributed by atoms with E-state index in [-0.39, 0.29) is 5.75 Å². The van der Waals surface area contributed by atoms with Crippen molar-refractivity contribution in [1.82, 2.24) is 0 Å². The van der Waals surface area contributed by atoms with Crippen LogP contribution < -0.4 is 10.1 Å². The van der Waals surface area contributed by atoms with E-state index in [1.54, 1.807) is 12.1 Å². The zero-order chi connectivity index (χ0) is 15.7. The van der Waals surface area contributed by atoms with Gasteiger partial charge in [-0.3, -0.25) is 0 Å². The molecule has 2 N–H and O–H groups in total. The van der Waals surface area contributed by atoms with Crippen LogP contribution in [0.4, 0.5) is 10.1 Å². The van der Waals surface area contributed by atoms with E-state index in [1.165, 1.54) is 13.2 Å². The van der Waals surface area contributed by atoms with Gasteiger partial charge in [-0.25, -0.2) is 4.39 Å². The van der Waals surface area contributed by atoms with Gasteiger partial charge in [0.1, 0.15) is 0 Å². The van der Waals surface area contributed by atoms with Crippen molar-refractivity contribution in [3.63, 3.8) is 0 Å². The van der Waals surface area contributed by atoms with Gasteiger partial charge >= 0.3 is 0 Å². The number of rotatable bonds is 10. The van der Waals surface area contributed by atoms with Gasteiger partial charge in [-0.15, -0.1) is 0 Å². The van der Waals surface area contributed by atoms with Gasteiger partial charge in [0.2, 0.25) is 0 Å². The molecule has 0 radical (unpaired) electrons. The molecule has 1 aromatic carbocycles. The molecule has 21 heavy (non-hydrogen) atoms. The van der Waals surface area contributed by atoms with Crippen molar-refractivity contribution in [2.24, 2.45) is 5.92 Å². The third kappa shape index (κ3) is 7.29. The maximum absolute atomic E-state index is 13.2. The summed E-state index contributed by atoms with van der Waals surface area (Å²) in [4.78, 5) is 0. The van der Waals surface area contributed by atoms with Crippen molar-refractivity contribution in [2.75, 3.05) is 32.2 Å². The molecule has 4 nitrogen and oxygen atoms in total. The van der Waals surface area contributed by atoms with E-state index in [1.807, 2.05) is 0 Å². The molecule has 0 spiro atoms. The monoisotopic (exact) mass is 299 g/mol. The lowest BCUT2D eigenvalue weighted by atomic mass is 10.1. The largest absolute Gasteiger partial charge is 0.494 e. The molecule has 0 aliphatic heterocycles. The highest BCUT2D eigenvalue weighted by Gasteiger charge is 2.07. The number of halogens is 1. The fourth-order valence-electron chi connectivity index (χ4n) is 1.88. The Morgan fingerprint density at radius 2 is 2.10 bits per heavy atom. The Morgan fingerprint density at radius 3 is 2.76 bits per heavy atom. The highest BCUT2D eigenvalue weighted by atomic mass is 19.1. The van der Waals surface area contributed by atoms with Crippen molar-refractivity contribution >= 4 is 5.69 Å². The van der Waals surface area contributed by atoms with E-state index >= 15 is 0 Å². The smallest absolute Gasteiger partial charge is 0.165 e. The summed E-state index contributed by atoms with van der Waals surface area (Å²) >= 11 is 0. The van der Waals surface area contributed by atoms with Crippen molar-refractivity contribution < 1.29 is 19.0 Å². The van der Waals surface area contributed by atoms with Crippen LogP contribution in [0.1, 0.15) is 26.7 Å². The van der Waals surface area contributed by atoms with Crippen LogP contribution in [0.25, 0.3) is 0 Å². The Kier molecular flexibility index (Phi) is 8.08. The van der Waals surface area contributed by atoms with Gasteiger partial charge in [-0.05, 0) is 30.9 Å². The number of hydrogen-bond acceptors (Lipinski definition) is 4. The molecule has 0 bridgehead atoms. The molecule has 1 aromatic rings. The second-order valence-electron chi connectivity index (χ2n) is 5.50. The number of ether oxygens (including phenoxy) is 2. The Labute approximate surface area is 126 Å². The van der Waals surface area contributed by atoms with Crippen molar-refractivity contribution in [2.45, 2.75) is 32.8 Å². The summed E-state index contributed by atoms with van der Waals surface area (Å²) in [7, 11) is 1.42. The number of benzene rings is 1. The summed E-state index contributed by atoms with van der Waals surface area (Å²) in [6.07, 6.45) is 1.54. The number of anilines is 1. The van der Waals surface area contributed by atoms with Crippen molar-refractivity contribution in [3.05, 3.63) is 24.0 Å². The predicted molar refractivity (Wildman–Crippen MR) is 82.3 cm³/mol. The molecule has 0 aromatic heterocycles. The predicted octanol–water partition coefficient (Wildman–Crippen LogP) is 3.06. The van der Waals surface area contributed by atoms with Gasteiger partial charge in [0.05, 0.1) is 19.8 Å². The average Bonchev–Trinajstić information content (AvgIpc) is 2.45. The Hall–Kier alpha value is -1.33. The average molecular weight is 299 g/mol. The van der Waals surface area contributed by atoms with E-state index in [0.29, 0.717) is 31.4 Å².